The van der Waals surface area contributed by atoms with Crippen molar-refractivity contribution >= 4 is 19.2 Å². The summed E-state index contributed by atoms with van der Waals surface area (Å²) in [6, 6.07) is 18.9. The van der Waals surface area contributed by atoms with Crippen molar-refractivity contribution in [3.05, 3.63) is 83.9 Å². The molecule has 0 aliphatic heterocycles. The number of carbonyl (C=O) groups excluding carboxylic acids is 1. The van der Waals surface area contributed by atoms with Crippen LogP contribution >= 0.6 is 7.60 Å². The molecule has 0 heterocycles. The molecule has 0 aliphatic rings. The highest BCUT2D eigenvalue weighted by molar-refractivity contribution is 7.52. The molecule has 0 unspecified atom stereocenters. The number of anilines is 1. The van der Waals surface area contributed by atoms with Gasteiger partial charge in [-0.05, 0) is 47.9 Å². The summed E-state index contributed by atoms with van der Waals surface area (Å²) in [5, 5.41) is 2.33. The van der Waals surface area contributed by atoms with E-state index in [1.54, 1.807) is 24.3 Å². The Morgan fingerprint density at radius 1 is 0.865 bits per heavy atom. The number of hydrogen-bond acceptors (Lipinski definition) is 3. The highest BCUT2D eigenvalue weighted by Crippen LogP contribution is 2.60. The van der Waals surface area contributed by atoms with Crippen molar-refractivity contribution in [1.82, 2.24) is 0 Å². The van der Waals surface area contributed by atoms with Crippen molar-refractivity contribution in [3.63, 3.8) is 0 Å². The molecule has 3 rings (SSSR count). The number of para-hydroxylation sites is 1. The fourth-order valence-corrected chi connectivity index (χ4v) is 4.34. The van der Waals surface area contributed by atoms with Crippen molar-refractivity contribution in [2.24, 2.45) is 0 Å². The fourth-order valence-electron chi connectivity index (χ4n) is 3.84. The smallest absolute Gasteiger partial charge is 0.399 e. The quantitative estimate of drug-likeness (QED) is 0.156. The van der Waals surface area contributed by atoms with Crippen LogP contribution in [0.5, 0.6) is 5.75 Å². The fraction of sp³-hybridized carbons (Fsp3) is 0.321. The second-order valence-electron chi connectivity index (χ2n) is 8.80. The molecular weight excluding hydrogens is 499 g/mol. The minimum Gasteiger partial charge on any atom is -0.494 e. The standard InChI is InChI=1S/C28H32F2NO5P/c1-2-3-4-5-6-9-20-36-24-18-16-22(17-19-24)21-12-14-23(15-13-21)27(32)31-26-11-8-7-10-25(26)28(29,30)37(33,34)35/h7-8,10-19H,2-6,9,20H2,1H3,(H,31,32)(H2,33,34,35). The van der Waals surface area contributed by atoms with Crippen molar-refractivity contribution in [2.45, 2.75) is 51.1 Å². The monoisotopic (exact) mass is 531 g/mol. The zero-order valence-corrected chi connectivity index (χ0v) is 21.6. The lowest BCUT2D eigenvalue weighted by atomic mass is 10.0. The summed E-state index contributed by atoms with van der Waals surface area (Å²) >= 11 is 0. The third-order valence-electron chi connectivity index (χ3n) is 5.97. The number of amides is 1. The number of rotatable bonds is 13. The number of ether oxygens (including phenoxy) is 1. The molecule has 0 aliphatic carbocycles. The van der Waals surface area contributed by atoms with Gasteiger partial charge in [0.1, 0.15) is 5.75 Å². The predicted molar refractivity (Wildman–Crippen MR) is 141 cm³/mol. The van der Waals surface area contributed by atoms with Crippen LogP contribution in [0.2, 0.25) is 0 Å². The van der Waals surface area contributed by atoms with Crippen LogP contribution in [-0.4, -0.2) is 22.3 Å². The van der Waals surface area contributed by atoms with E-state index in [0.29, 0.717) is 6.61 Å². The predicted octanol–water partition coefficient (Wildman–Crippen LogP) is 7.57. The lowest BCUT2D eigenvalue weighted by Gasteiger charge is -2.21. The number of benzene rings is 3. The van der Waals surface area contributed by atoms with Gasteiger partial charge in [0.2, 0.25) is 0 Å². The Morgan fingerprint density at radius 2 is 1.43 bits per heavy atom. The van der Waals surface area contributed by atoms with Gasteiger partial charge >= 0.3 is 13.3 Å². The minimum absolute atomic E-state index is 0.205. The van der Waals surface area contributed by atoms with E-state index in [9.17, 15) is 18.1 Å². The van der Waals surface area contributed by atoms with Crippen molar-refractivity contribution < 1.29 is 32.7 Å². The Balaban J connectivity index is 1.60. The zero-order valence-electron chi connectivity index (χ0n) is 20.7. The maximum atomic E-state index is 14.3. The maximum Gasteiger partial charge on any atom is 0.399 e. The van der Waals surface area contributed by atoms with Crippen LogP contribution in [0.1, 0.15) is 61.4 Å². The minimum atomic E-state index is -5.78. The van der Waals surface area contributed by atoms with Crippen LogP contribution < -0.4 is 10.1 Å². The zero-order chi connectivity index (χ0) is 26.9. The Morgan fingerprint density at radius 3 is 2.05 bits per heavy atom. The molecule has 0 radical (unpaired) electrons. The van der Waals surface area contributed by atoms with Gasteiger partial charge in [-0.25, -0.2) is 0 Å². The summed E-state index contributed by atoms with van der Waals surface area (Å²) in [6.07, 6.45) is 7.20. The Hall–Kier alpha value is -3.06. The molecule has 3 N–H and O–H groups in total. The second kappa shape index (κ2) is 13.0. The van der Waals surface area contributed by atoms with Gasteiger partial charge in [0, 0.05) is 5.56 Å². The van der Waals surface area contributed by atoms with Gasteiger partial charge in [-0.2, -0.15) is 8.78 Å². The molecule has 0 aromatic heterocycles. The Labute approximate surface area is 215 Å². The van der Waals surface area contributed by atoms with E-state index in [2.05, 4.69) is 12.2 Å². The van der Waals surface area contributed by atoms with Gasteiger partial charge in [-0.3, -0.25) is 9.36 Å². The first-order chi connectivity index (χ1) is 17.6. The summed E-state index contributed by atoms with van der Waals surface area (Å²) in [4.78, 5) is 30.8. The Kier molecular flexibility index (Phi) is 9.98. The van der Waals surface area contributed by atoms with Gasteiger partial charge in [-0.15, -0.1) is 0 Å². The highest BCUT2D eigenvalue weighted by Gasteiger charge is 2.51. The van der Waals surface area contributed by atoms with Crippen molar-refractivity contribution in [1.29, 1.82) is 0 Å². The van der Waals surface area contributed by atoms with Crippen LogP contribution in [0, 0.1) is 0 Å². The molecule has 0 fully saturated rings. The van der Waals surface area contributed by atoms with Crippen molar-refractivity contribution in [2.75, 3.05) is 11.9 Å². The molecule has 37 heavy (non-hydrogen) atoms. The first-order valence-corrected chi connectivity index (χ1v) is 13.9. The molecule has 0 saturated heterocycles. The summed E-state index contributed by atoms with van der Waals surface area (Å²) in [5.41, 5.74) is -3.78. The molecule has 0 saturated carbocycles. The van der Waals surface area contributed by atoms with Crippen LogP contribution in [0.15, 0.2) is 72.8 Å². The van der Waals surface area contributed by atoms with Crippen LogP contribution in [0.3, 0.4) is 0 Å². The van der Waals surface area contributed by atoms with Gasteiger partial charge < -0.3 is 19.8 Å². The largest absolute Gasteiger partial charge is 0.494 e. The number of nitrogens with one attached hydrogen (secondary N) is 1. The number of halogens is 2. The van der Waals surface area contributed by atoms with Crippen LogP contribution in [-0.2, 0) is 10.2 Å². The van der Waals surface area contributed by atoms with E-state index in [1.165, 1.54) is 43.9 Å². The maximum absolute atomic E-state index is 14.3. The second-order valence-corrected chi connectivity index (χ2v) is 10.5. The highest BCUT2D eigenvalue weighted by atomic mass is 31.2. The van der Waals surface area contributed by atoms with Gasteiger partial charge in [0.05, 0.1) is 17.9 Å². The van der Waals surface area contributed by atoms with E-state index >= 15 is 0 Å². The lowest BCUT2D eigenvalue weighted by Crippen LogP contribution is -2.19. The lowest BCUT2D eigenvalue weighted by molar-refractivity contribution is 0.0570. The van der Waals surface area contributed by atoms with E-state index < -0.39 is 24.7 Å². The topological polar surface area (TPSA) is 95.9 Å². The summed E-state index contributed by atoms with van der Waals surface area (Å²) in [6.45, 7) is 2.88. The molecule has 3 aromatic rings. The Bertz CT molecular complexity index is 1210. The third kappa shape index (κ3) is 7.71. The van der Waals surface area contributed by atoms with E-state index in [0.717, 1.165) is 35.8 Å². The van der Waals surface area contributed by atoms with E-state index in [4.69, 9.17) is 14.5 Å². The van der Waals surface area contributed by atoms with Crippen LogP contribution in [0.25, 0.3) is 11.1 Å². The first-order valence-electron chi connectivity index (χ1n) is 12.3. The molecule has 1 amide bonds. The normalized spacial score (nSPS) is 11.8. The molecule has 198 valence electrons. The SMILES string of the molecule is CCCCCCCCOc1ccc(-c2ccc(C(=O)Nc3ccccc3C(F)(F)P(=O)(O)O)cc2)cc1. The molecule has 0 bridgehead atoms. The average Bonchev–Trinajstić information content (AvgIpc) is 2.88. The van der Waals surface area contributed by atoms with E-state index in [1.807, 2.05) is 24.3 Å². The van der Waals surface area contributed by atoms with Gasteiger partial charge in [-0.1, -0.05) is 81.5 Å². The van der Waals surface area contributed by atoms with Crippen molar-refractivity contribution in [3.8, 4) is 16.9 Å². The summed E-state index contributed by atoms with van der Waals surface area (Å²) < 4.78 is 45.6. The van der Waals surface area contributed by atoms with E-state index in [-0.39, 0.29) is 11.3 Å². The number of unbranched alkanes of at least 4 members (excludes halogenated alkanes) is 5. The molecule has 0 atom stereocenters. The number of alkyl halides is 2. The van der Waals surface area contributed by atoms with Gasteiger partial charge in [0.15, 0.2) is 0 Å². The molecule has 3 aromatic carbocycles. The summed E-state index contributed by atoms with van der Waals surface area (Å²) in [7, 11) is -5.78. The van der Waals surface area contributed by atoms with Crippen LogP contribution in [0.4, 0.5) is 14.5 Å². The van der Waals surface area contributed by atoms with Gasteiger partial charge in [0.25, 0.3) is 5.91 Å². The number of hydrogen-bond donors (Lipinski definition) is 3. The molecule has 9 heteroatoms. The first kappa shape index (κ1) is 28.5. The third-order valence-corrected chi connectivity index (χ3v) is 6.94. The number of carbonyl (C=O) groups is 1. The molecular formula is C28H32F2NO5P. The molecule has 0 spiro atoms. The molecule has 6 nitrogen and oxygen atoms in total. The average molecular weight is 532 g/mol. The summed E-state index contributed by atoms with van der Waals surface area (Å²) in [5.74, 6) is 0.109.